The number of anilines is 1. The first-order valence-corrected chi connectivity index (χ1v) is 12.9. The summed E-state index contributed by atoms with van der Waals surface area (Å²) in [5, 5.41) is 2.88. The molecule has 34 heavy (non-hydrogen) atoms. The normalized spacial score (nSPS) is 39.7. The Morgan fingerprint density at radius 3 is 2.47 bits per heavy atom. The lowest BCUT2D eigenvalue weighted by molar-refractivity contribution is -0.142. The summed E-state index contributed by atoms with van der Waals surface area (Å²) in [6.45, 7) is 6.40. The third-order valence-corrected chi connectivity index (χ3v) is 10.6. The van der Waals surface area contributed by atoms with Crippen molar-refractivity contribution in [2.45, 2.75) is 84.7 Å². The van der Waals surface area contributed by atoms with Crippen LogP contribution in [0.25, 0.3) is 0 Å². The fourth-order valence-electron chi connectivity index (χ4n) is 8.63. The maximum atomic E-state index is 13.4. The molecule has 5 rings (SSSR count). The van der Waals surface area contributed by atoms with Gasteiger partial charge in [-0.1, -0.05) is 19.9 Å². The number of carbonyl (C=O) groups excluding carboxylic acids is 2. The number of hydrogen-bond acceptors (Lipinski definition) is 2. The summed E-state index contributed by atoms with van der Waals surface area (Å²) in [4.78, 5) is 25.6. The number of alkyl halides is 3. The average Bonchev–Trinajstić information content (AvgIpc) is 3.12. The van der Waals surface area contributed by atoms with E-state index in [2.05, 4.69) is 19.2 Å². The minimum Gasteiger partial charge on any atom is -0.326 e. The van der Waals surface area contributed by atoms with Gasteiger partial charge >= 0.3 is 6.18 Å². The van der Waals surface area contributed by atoms with Crippen molar-refractivity contribution in [3.63, 3.8) is 0 Å². The Balaban J connectivity index is 1.35. The van der Waals surface area contributed by atoms with Crippen molar-refractivity contribution in [3.05, 3.63) is 29.3 Å². The van der Waals surface area contributed by atoms with Gasteiger partial charge in [-0.05, 0) is 104 Å². The largest absolute Gasteiger partial charge is 0.416 e. The Hall–Kier alpha value is -1.85. The number of carbonyl (C=O) groups is 2. The number of Topliss-reactive ketones (excluding diaryl/α,β-unsaturated/α-hetero) is 1. The number of ketones is 1. The number of rotatable bonds is 2. The highest BCUT2D eigenvalue weighted by atomic mass is 19.4. The molecule has 1 N–H and O–H groups in total. The summed E-state index contributed by atoms with van der Waals surface area (Å²) in [5.74, 6) is 2.29. The smallest absolute Gasteiger partial charge is 0.326 e. The van der Waals surface area contributed by atoms with Crippen molar-refractivity contribution >= 4 is 17.4 Å². The van der Waals surface area contributed by atoms with Gasteiger partial charge in [0, 0.05) is 24.4 Å². The van der Waals surface area contributed by atoms with E-state index >= 15 is 0 Å². The minimum absolute atomic E-state index is 0.117. The number of aryl methyl sites for hydroxylation is 1. The fourth-order valence-corrected chi connectivity index (χ4v) is 8.63. The van der Waals surface area contributed by atoms with Gasteiger partial charge in [-0.15, -0.1) is 0 Å². The SMILES string of the molecule is Cc1ccc(C(F)(F)F)cc1NC(=O)[C@H]1CCC2C3CCC4CC(=O)CC[C@]4(C)C3CC[C@@]21C. The summed E-state index contributed by atoms with van der Waals surface area (Å²) in [6, 6.07) is 3.55. The van der Waals surface area contributed by atoms with Gasteiger partial charge in [-0.2, -0.15) is 13.2 Å². The molecule has 0 bridgehead atoms. The number of nitrogens with one attached hydrogen (secondary N) is 1. The fraction of sp³-hybridized carbons (Fsp3) is 0.714. The second kappa shape index (κ2) is 8.09. The number of amides is 1. The van der Waals surface area contributed by atoms with Crippen LogP contribution in [0.2, 0.25) is 0 Å². The van der Waals surface area contributed by atoms with Crippen LogP contribution >= 0.6 is 0 Å². The lowest BCUT2D eigenvalue weighted by Gasteiger charge is -2.60. The predicted molar refractivity (Wildman–Crippen MR) is 125 cm³/mol. The first-order chi connectivity index (χ1) is 15.9. The molecule has 0 aliphatic heterocycles. The molecule has 4 aliphatic carbocycles. The molecule has 0 saturated heterocycles. The minimum atomic E-state index is -4.44. The molecule has 186 valence electrons. The Morgan fingerprint density at radius 2 is 1.74 bits per heavy atom. The molecule has 4 saturated carbocycles. The molecule has 0 heterocycles. The van der Waals surface area contributed by atoms with Gasteiger partial charge in [0.1, 0.15) is 5.78 Å². The summed E-state index contributed by atoms with van der Waals surface area (Å²) < 4.78 is 39.7. The Labute approximate surface area is 200 Å². The Kier molecular flexibility index (Phi) is 5.68. The third-order valence-electron chi connectivity index (χ3n) is 10.6. The van der Waals surface area contributed by atoms with E-state index in [0.717, 1.165) is 63.5 Å². The van der Waals surface area contributed by atoms with Crippen molar-refractivity contribution in [1.82, 2.24) is 0 Å². The molecule has 6 heteroatoms. The first-order valence-electron chi connectivity index (χ1n) is 12.9. The van der Waals surface area contributed by atoms with Crippen LogP contribution in [0, 0.1) is 47.3 Å². The van der Waals surface area contributed by atoms with E-state index in [0.29, 0.717) is 41.4 Å². The molecular weight excluding hydrogens is 439 g/mol. The molecule has 4 fully saturated rings. The molecule has 4 unspecified atom stereocenters. The van der Waals surface area contributed by atoms with Gasteiger partial charge in [-0.3, -0.25) is 9.59 Å². The van der Waals surface area contributed by atoms with Gasteiger partial charge in [-0.25, -0.2) is 0 Å². The number of halogens is 3. The topological polar surface area (TPSA) is 46.2 Å². The number of fused-ring (bicyclic) bond motifs is 5. The quantitative estimate of drug-likeness (QED) is 0.492. The lowest BCUT2D eigenvalue weighted by Crippen LogP contribution is -2.54. The molecular formula is C28H36F3NO2. The highest BCUT2D eigenvalue weighted by Crippen LogP contribution is 2.67. The highest BCUT2D eigenvalue weighted by Gasteiger charge is 2.61. The molecule has 1 aromatic rings. The summed E-state index contributed by atoms with van der Waals surface area (Å²) in [6.07, 6.45) is 4.14. The molecule has 4 aliphatic rings. The summed E-state index contributed by atoms with van der Waals surface area (Å²) in [5.41, 5.74) is 0.283. The molecule has 1 amide bonds. The van der Waals surface area contributed by atoms with Gasteiger partial charge in [0.15, 0.2) is 0 Å². The van der Waals surface area contributed by atoms with Crippen LogP contribution in [-0.2, 0) is 15.8 Å². The van der Waals surface area contributed by atoms with Crippen LogP contribution in [0.1, 0.15) is 82.8 Å². The van der Waals surface area contributed by atoms with E-state index in [-0.39, 0.29) is 28.3 Å². The number of benzene rings is 1. The molecule has 7 atom stereocenters. The van der Waals surface area contributed by atoms with Crippen molar-refractivity contribution in [2.75, 3.05) is 5.32 Å². The zero-order chi connectivity index (χ0) is 24.5. The Morgan fingerprint density at radius 1 is 1.00 bits per heavy atom. The van der Waals surface area contributed by atoms with Gasteiger partial charge in [0.2, 0.25) is 5.91 Å². The van der Waals surface area contributed by atoms with Gasteiger partial charge in [0.05, 0.1) is 5.56 Å². The third kappa shape index (κ3) is 3.71. The van der Waals surface area contributed by atoms with Crippen LogP contribution in [-0.4, -0.2) is 11.7 Å². The Bertz CT molecular complexity index is 1000. The molecule has 3 nitrogen and oxygen atoms in total. The predicted octanol–water partition coefficient (Wildman–Crippen LogP) is 7.18. The second-order valence-electron chi connectivity index (χ2n) is 12.1. The van der Waals surface area contributed by atoms with E-state index in [1.54, 1.807) is 6.92 Å². The van der Waals surface area contributed by atoms with Gasteiger partial charge < -0.3 is 5.32 Å². The maximum Gasteiger partial charge on any atom is 0.416 e. The van der Waals surface area contributed by atoms with Crippen molar-refractivity contribution < 1.29 is 22.8 Å². The van der Waals surface area contributed by atoms with Crippen LogP contribution in [0.5, 0.6) is 0 Å². The second-order valence-corrected chi connectivity index (χ2v) is 12.1. The van der Waals surface area contributed by atoms with Crippen molar-refractivity contribution in [1.29, 1.82) is 0 Å². The lowest BCUT2D eigenvalue weighted by atomic mass is 9.45. The molecule has 1 aromatic carbocycles. The van der Waals surface area contributed by atoms with Crippen LogP contribution in [0.15, 0.2) is 18.2 Å². The monoisotopic (exact) mass is 475 g/mol. The average molecular weight is 476 g/mol. The van der Waals surface area contributed by atoms with E-state index in [4.69, 9.17) is 0 Å². The first kappa shape index (κ1) is 23.9. The standard InChI is InChI=1S/C28H36F3NO2/c1-16-4-5-18(28(29,30)31)15-24(16)32-25(34)23-9-8-21-20-7-6-17-14-19(33)10-12-26(17,2)22(20)11-13-27(21,23)3/h4-5,15,17,20-23H,6-14H2,1-3H3,(H,32,34)/t17?,20?,21?,22?,23-,26+,27+/m1/s1. The van der Waals surface area contributed by atoms with Crippen LogP contribution in [0.4, 0.5) is 18.9 Å². The van der Waals surface area contributed by atoms with Crippen LogP contribution < -0.4 is 5.32 Å². The van der Waals surface area contributed by atoms with E-state index < -0.39 is 11.7 Å². The molecule has 0 spiro atoms. The zero-order valence-electron chi connectivity index (χ0n) is 20.4. The van der Waals surface area contributed by atoms with E-state index in [1.165, 1.54) is 6.07 Å². The van der Waals surface area contributed by atoms with Crippen molar-refractivity contribution in [2.24, 2.45) is 40.4 Å². The van der Waals surface area contributed by atoms with E-state index in [9.17, 15) is 22.8 Å². The zero-order valence-corrected chi connectivity index (χ0v) is 20.4. The highest BCUT2D eigenvalue weighted by molar-refractivity contribution is 5.94. The van der Waals surface area contributed by atoms with Crippen LogP contribution in [0.3, 0.4) is 0 Å². The summed E-state index contributed by atoms with van der Waals surface area (Å²) >= 11 is 0. The molecule has 0 aromatic heterocycles. The molecule has 0 radical (unpaired) electrons. The number of hydrogen-bond donors (Lipinski definition) is 1. The summed E-state index contributed by atoms with van der Waals surface area (Å²) in [7, 11) is 0. The van der Waals surface area contributed by atoms with Crippen molar-refractivity contribution in [3.8, 4) is 0 Å². The van der Waals surface area contributed by atoms with Gasteiger partial charge in [0.25, 0.3) is 0 Å². The maximum absolute atomic E-state index is 13.4. The van der Waals surface area contributed by atoms with E-state index in [1.807, 2.05) is 0 Å².